The molecule has 0 spiro atoms. The van der Waals surface area contributed by atoms with E-state index < -0.39 is 0 Å². The van der Waals surface area contributed by atoms with Gasteiger partial charge in [-0.25, -0.2) is 0 Å². The average molecular weight is 164 g/mol. The predicted molar refractivity (Wildman–Crippen MR) is 46.5 cm³/mol. The van der Waals surface area contributed by atoms with Crippen molar-refractivity contribution >= 4 is 0 Å². The van der Waals surface area contributed by atoms with Crippen molar-refractivity contribution in [2.45, 2.75) is 18.9 Å². The van der Waals surface area contributed by atoms with Crippen molar-refractivity contribution < 1.29 is 5.11 Å². The fraction of sp³-hybridized carbons (Fsp3) is 0.333. The first-order chi connectivity index (χ1) is 5.81. The Morgan fingerprint density at radius 1 is 1.50 bits per heavy atom. The molecular weight excluding hydrogens is 152 g/mol. The molecule has 0 aromatic heterocycles. The highest BCUT2D eigenvalue weighted by atomic mass is 16.3. The third-order valence-corrected chi connectivity index (χ3v) is 2.41. The number of hydrogen-bond donors (Lipinski definition) is 3. The summed E-state index contributed by atoms with van der Waals surface area (Å²) in [5, 5.41) is 9.20. The Hall–Kier alpha value is -1.06. The van der Waals surface area contributed by atoms with Crippen LogP contribution in [0.25, 0.3) is 0 Å². The van der Waals surface area contributed by atoms with Gasteiger partial charge in [0, 0.05) is 6.04 Å². The van der Waals surface area contributed by atoms with Gasteiger partial charge in [0.1, 0.15) is 5.75 Å². The summed E-state index contributed by atoms with van der Waals surface area (Å²) >= 11 is 0. The smallest absolute Gasteiger partial charge is 0.115 e. The van der Waals surface area contributed by atoms with Crippen molar-refractivity contribution in [3.05, 3.63) is 29.3 Å². The van der Waals surface area contributed by atoms with Crippen LogP contribution in [0, 0.1) is 0 Å². The van der Waals surface area contributed by atoms with Crippen LogP contribution in [0.15, 0.2) is 18.2 Å². The molecule has 0 fully saturated rings. The number of nitrogens with two attached hydrogens (primary N) is 1. The highest BCUT2D eigenvalue weighted by Gasteiger charge is 2.20. The van der Waals surface area contributed by atoms with Gasteiger partial charge in [-0.15, -0.1) is 0 Å². The topological polar surface area (TPSA) is 58.3 Å². The van der Waals surface area contributed by atoms with Gasteiger partial charge in [-0.3, -0.25) is 11.3 Å². The number of benzene rings is 1. The number of phenols is 1. The molecule has 64 valence electrons. The first-order valence-corrected chi connectivity index (χ1v) is 4.09. The number of nitrogens with one attached hydrogen (secondary N) is 1. The zero-order valence-electron chi connectivity index (χ0n) is 6.75. The molecule has 1 atom stereocenters. The summed E-state index contributed by atoms with van der Waals surface area (Å²) in [7, 11) is 0. The van der Waals surface area contributed by atoms with Gasteiger partial charge in [0.2, 0.25) is 0 Å². The summed E-state index contributed by atoms with van der Waals surface area (Å²) < 4.78 is 0. The Morgan fingerprint density at radius 3 is 3.08 bits per heavy atom. The van der Waals surface area contributed by atoms with Gasteiger partial charge in [-0.1, -0.05) is 6.07 Å². The lowest BCUT2D eigenvalue weighted by atomic mass is 10.1. The average Bonchev–Trinajstić information content (AvgIpc) is 2.46. The summed E-state index contributed by atoms with van der Waals surface area (Å²) in [5.41, 5.74) is 5.18. The molecule has 3 heteroatoms. The first kappa shape index (κ1) is 7.58. The van der Waals surface area contributed by atoms with Crippen LogP contribution < -0.4 is 11.3 Å². The van der Waals surface area contributed by atoms with Crippen LogP contribution in [-0.2, 0) is 6.42 Å². The lowest BCUT2D eigenvalue weighted by Crippen LogP contribution is -2.26. The number of hydrogen-bond acceptors (Lipinski definition) is 3. The number of fused-ring (bicyclic) bond motifs is 1. The molecule has 1 aromatic carbocycles. The van der Waals surface area contributed by atoms with E-state index in [9.17, 15) is 5.11 Å². The van der Waals surface area contributed by atoms with Crippen LogP contribution >= 0.6 is 0 Å². The van der Waals surface area contributed by atoms with Crippen molar-refractivity contribution in [3.63, 3.8) is 0 Å². The quantitative estimate of drug-likeness (QED) is 0.426. The normalized spacial score (nSPS) is 20.9. The fourth-order valence-electron chi connectivity index (χ4n) is 1.78. The lowest BCUT2D eigenvalue weighted by molar-refractivity contribution is 0.474. The Balaban J connectivity index is 2.40. The van der Waals surface area contributed by atoms with E-state index in [4.69, 9.17) is 5.84 Å². The largest absolute Gasteiger partial charge is 0.508 e. The Bertz CT molecular complexity index is 299. The molecule has 1 aromatic rings. The van der Waals surface area contributed by atoms with Crippen LogP contribution in [-0.4, -0.2) is 5.11 Å². The van der Waals surface area contributed by atoms with Gasteiger partial charge in [0.15, 0.2) is 0 Å². The van der Waals surface area contributed by atoms with Crippen LogP contribution in [0.2, 0.25) is 0 Å². The van der Waals surface area contributed by atoms with E-state index in [0.29, 0.717) is 5.75 Å². The minimum Gasteiger partial charge on any atom is -0.508 e. The third-order valence-electron chi connectivity index (χ3n) is 2.41. The molecule has 12 heavy (non-hydrogen) atoms. The van der Waals surface area contributed by atoms with E-state index in [0.717, 1.165) is 12.8 Å². The molecule has 0 radical (unpaired) electrons. The standard InChI is InChI=1S/C9H12N2O/c10-11-9-4-1-6-5-7(12)2-3-8(6)9/h2-3,5,9,11-12H,1,4,10H2/t9-/m1/s1. The van der Waals surface area contributed by atoms with E-state index in [2.05, 4.69) is 5.43 Å². The molecule has 2 rings (SSSR count). The molecule has 4 N–H and O–H groups in total. The number of aromatic hydroxyl groups is 1. The molecule has 0 amide bonds. The summed E-state index contributed by atoms with van der Waals surface area (Å²) in [6.07, 6.45) is 2.02. The molecule has 0 saturated heterocycles. The maximum atomic E-state index is 9.20. The van der Waals surface area contributed by atoms with Crippen molar-refractivity contribution in [2.24, 2.45) is 5.84 Å². The SMILES string of the molecule is NN[C@@H]1CCc2cc(O)ccc21. The van der Waals surface area contributed by atoms with Gasteiger partial charge in [0.25, 0.3) is 0 Å². The van der Waals surface area contributed by atoms with Crippen LogP contribution in [0.4, 0.5) is 0 Å². The molecule has 0 aliphatic heterocycles. The number of aryl methyl sites for hydroxylation is 1. The fourth-order valence-corrected chi connectivity index (χ4v) is 1.78. The molecule has 0 saturated carbocycles. The summed E-state index contributed by atoms with van der Waals surface area (Å²) in [5.74, 6) is 5.71. The second-order valence-corrected chi connectivity index (χ2v) is 3.14. The summed E-state index contributed by atoms with van der Waals surface area (Å²) in [6, 6.07) is 5.71. The van der Waals surface area contributed by atoms with Gasteiger partial charge in [-0.05, 0) is 36.1 Å². The van der Waals surface area contributed by atoms with E-state index in [1.807, 2.05) is 12.1 Å². The number of hydrazine groups is 1. The van der Waals surface area contributed by atoms with Crippen molar-refractivity contribution in [3.8, 4) is 5.75 Å². The molecular formula is C9H12N2O. The number of rotatable bonds is 1. The minimum absolute atomic E-state index is 0.264. The third kappa shape index (κ3) is 1.07. The van der Waals surface area contributed by atoms with E-state index in [-0.39, 0.29) is 6.04 Å². The summed E-state index contributed by atoms with van der Waals surface area (Å²) in [4.78, 5) is 0. The molecule has 1 aliphatic rings. The Labute approximate surface area is 71.2 Å². The van der Waals surface area contributed by atoms with Crippen LogP contribution in [0.3, 0.4) is 0 Å². The highest BCUT2D eigenvalue weighted by molar-refractivity contribution is 5.39. The van der Waals surface area contributed by atoms with Crippen LogP contribution in [0.1, 0.15) is 23.6 Å². The van der Waals surface area contributed by atoms with E-state index in [1.54, 1.807) is 6.07 Å². The first-order valence-electron chi connectivity index (χ1n) is 4.09. The van der Waals surface area contributed by atoms with Gasteiger partial charge in [-0.2, -0.15) is 0 Å². The maximum Gasteiger partial charge on any atom is 0.115 e. The van der Waals surface area contributed by atoms with Crippen molar-refractivity contribution in [2.75, 3.05) is 0 Å². The van der Waals surface area contributed by atoms with E-state index >= 15 is 0 Å². The predicted octanol–water partition coefficient (Wildman–Crippen LogP) is 0.843. The Kier molecular flexibility index (Phi) is 1.75. The van der Waals surface area contributed by atoms with Gasteiger partial charge in [0.05, 0.1) is 0 Å². The van der Waals surface area contributed by atoms with E-state index in [1.165, 1.54) is 11.1 Å². The van der Waals surface area contributed by atoms with Crippen molar-refractivity contribution in [1.29, 1.82) is 0 Å². The van der Waals surface area contributed by atoms with Crippen molar-refractivity contribution in [1.82, 2.24) is 5.43 Å². The second kappa shape index (κ2) is 2.77. The van der Waals surface area contributed by atoms with Gasteiger partial charge >= 0.3 is 0 Å². The molecule has 0 bridgehead atoms. The molecule has 0 unspecified atom stereocenters. The lowest BCUT2D eigenvalue weighted by Gasteiger charge is -2.08. The zero-order chi connectivity index (χ0) is 8.55. The molecule has 3 nitrogen and oxygen atoms in total. The van der Waals surface area contributed by atoms with Crippen LogP contribution in [0.5, 0.6) is 5.75 Å². The zero-order valence-corrected chi connectivity index (χ0v) is 6.75. The number of phenolic OH excluding ortho intramolecular Hbond substituents is 1. The molecule has 1 aliphatic carbocycles. The van der Waals surface area contributed by atoms with Gasteiger partial charge < -0.3 is 5.11 Å². The highest BCUT2D eigenvalue weighted by Crippen LogP contribution is 2.32. The summed E-state index contributed by atoms with van der Waals surface area (Å²) in [6.45, 7) is 0. The Morgan fingerprint density at radius 2 is 2.33 bits per heavy atom. The maximum absolute atomic E-state index is 9.20. The minimum atomic E-state index is 0.264. The molecule has 0 heterocycles. The second-order valence-electron chi connectivity index (χ2n) is 3.14. The monoisotopic (exact) mass is 164 g/mol.